The van der Waals surface area contributed by atoms with Crippen LogP contribution in [0.4, 0.5) is 5.69 Å². The molecule has 0 bridgehead atoms. The lowest BCUT2D eigenvalue weighted by Gasteiger charge is -2.33. The van der Waals surface area contributed by atoms with Gasteiger partial charge in [0.05, 0.1) is 11.2 Å². The van der Waals surface area contributed by atoms with Crippen LogP contribution >= 0.6 is 11.6 Å². The maximum Gasteiger partial charge on any atom is 0.0631 e. The summed E-state index contributed by atoms with van der Waals surface area (Å²) in [4.78, 5) is 4.85. The number of anilines is 1. The number of hydrogen-bond acceptors (Lipinski definition) is 2. The van der Waals surface area contributed by atoms with Crippen molar-refractivity contribution in [1.82, 2.24) is 9.47 Å². The van der Waals surface area contributed by atoms with Crippen molar-refractivity contribution in [3.05, 3.63) is 59.8 Å². The van der Waals surface area contributed by atoms with E-state index in [0.29, 0.717) is 0 Å². The fourth-order valence-electron chi connectivity index (χ4n) is 3.29. The molecule has 3 aromatic rings. The summed E-state index contributed by atoms with van der Waals surface area (Å²) in [7, 11) is 2.18. The number of benzene rings is 2. The van der Waals surface area contributed by atoms with E-state index in [-0.39, 0.29) is 0 Å². The third-order valence-electron chi connectivity index (χ3n) is 4.62. The molecule has 1 aromatic heterocycles. The largest absolute Gasteiger partial charge is 0.367 e. The van der Waals surface area contributed by atoms with Crippen molar-refractivity contribution in [3.8, 4) is 5.69 Å². The third kappa shape index (κ3) is 2.71. The van der Waals surface area contributed by atoms with Crippen LogP contribution in [0.3, 0.4) is 0 Å². The van der Waals surface area contributed by atoms with Crippen molar-refractivity contribution in [2.75, 3.05) is 38.1 Å². The quantitative estimate of drug-likeness (QED) is 0.704. The summed E-state index contributed by atoms with van der Waals surface area (Å²) in [6, 6.07) is 16.7. The number of rotatable bonds is 2. The van der Waals surface area contributed by atoms with Crippen LogP contribution < -0.4 is 4.90 Å². The molecule has 4 rings (SSSR count). The van der Waals surface area contributed by atoms with E-state index in [1.54, 1.807) is 0 Å². The van der Waals surface area contributed by atoms with Crippen molar-refractivity contribution < 1.29 is 0 Å². The highest BCUT2D eigenvalue weighted by molar-refractivity contribution is 6.31. The molecule has 2 aromatic carbocycles. The average Bonchev–Trinajstić information content (AvgIpc) is 2.95. The van der Waals surface area contributed by atoms with Gasteiger partial charge in [-0.05, 0) is 37.4 Å². The zero-order valence-electron chi connectivity index (χ0n) is 13.2. The Morgan fingerprint density at radius 1 is 0.913 bits per heavy atom. The van der Waals surface area contributed by atoms with Gasteiger partial charge in [-0.1, -0.05) is 29.8 Å². The molecular formula is C19H20ClN3. The Morgan fingerprint density at radius 2 is 1.65 bits per heavy atom. The summed E-state index contributed by atoms with van der Waals surface area (Å²) in [6.07, 6.45) is 2.25. The number of hydrogen-bond donors (Lipinski definition) is 0. The second-order valence-electron chi connectivity index (χ2n) is 6.17. The standard InChI is InChI=1S/C19H20ClN3/c1-21-9-11-22(12-10-21)19-14-23(16-5-3-2-4-6-16)18-8-7-15(20)13-17(18)19/h2-8,13-14H,9-12H2,1H3. The molecule has 0 aliphatic carbocycles. The molecule has 1 saturated heterocycles. The lowest BCUT2D eigenvalue weighted by molar-refractivity contribution is 0.313. The van der Waals surface area contributed by atoms with Crippen LogP contribution in [0.25, 0.3) is 16.6 Å². The lowest BCUT2D eigenvalue weighted by atomic mass is 10.2. The van der Waals surface area contributed by atoms with Crippen molar-refractivity contribution in [2.24, 2.45) is 0 Å². The Balaban J connectivity index is 1.86. The number of fused-ring (bicyclic) bond motifs is 1. The molecule has 4 heteroatoms. The van der Waals surface area contributed by atoms with E-state index in [4.69, 9.17) is 11.6 Å². The Hall–Kier alpha value is -1.97. The molecule has 0 saturated carbocycles. The zero-order chi connectivity index (χ0) is 15.8. The molecule has 23 heavy (non-hydrogen) atoms. The summed E-state index contributed by atoms with van der Waals surface area (Å²) in [5.41, 5.74) is 3.66. The van der Waals surface area contributed by atoms with E-state index in [9.17, 15) is 0 Å². The van der Waals surface area contributed by atoms with Gasteiger partial charge in [0, 0.05) is 48.5 Å². The van der Waals surface area contributed by atoms with Gasteiger partial charge in [-0.15, -0.1) is 0 Å². The molecule has 1 aliphatic heterocycles. The second kappa shape index (κ2) is 5.91. The highest BCUT2D eigenvalue weighted by Gasteiger charge is 2.19. The predicted molar refractivity (Wildman–Crippen MR) is 98.0 cm³/mol. The van der Waals surface area contributed by atoms with Crippen molar-refractivity contribution in [3.63, 3.8) is 0 Å². The number of nitrogens with zero attached hydrogens (tertiary/aromatic N) is 3. The van der Waals surface area contributed by atoms with Gasteiger partial charge < -0.3 is 14.4 Å². The predicted octanol–water partition coefficient (Wildman–Crippen LogP) is 4.04. The Bertz CT molecular complexity index is 817. The number of likely N-dealkylation sites (N-methyl/N-ethyl adjacent to an activating group) is 1. The van der Waals surface area contributed by atoms with Gasteiger partial charge >= 0.3 is 0 Å². The Labute approximate surface area is 141 Å². The van der Waals surface area contributed by atoms with Gasteiger partial charge in [0.1, 0.15) is 0 Å². The maximum atomic E-state index is 6.27. The molecular weight excluding hydrogens is 306 g/mol. The first kappa shape index (κ1) is 14.6. The first-order valence-corrected chi connectivity index (χ1v) is 8.40. The van der Waals surface area contributed by atoms with Gasteiger partial charge in [-0.25, -0.2) is 0 Å². The van der Waals surface area contributed by atoms with E-state index >= 15 is 0 Å². The van der Waals surface area contributed by atoms with Crippen LogP contribution in [0, 0.1) is 0 Å². The van der Waals surface area contributed by atoms with Gasteiger partial charge in [0.2, 0.25) is 0 Å². The second-order valence-corrected chi connectivity index (χ2v) is 6.61. The molecule has 1 fully saturated rings. The fourth-order valence-corrected chi connectivity index (χ4v) is 3.46. The Kier molecular flexibility index (Phi) is 3.76. The molecule has 2 heterocycles. The highest BCUT2D eigenvalue weighted by atomic mass is 35.5. The molecule has 0 atom stereocenters. The minimum absolute atomic E-state index is 0.790. The smallest absolute Gasteiger partial charge is 0.0631 e. The Morgan fingerprint density at radius 3 is 2.39 bits per heavy atom. The molecule has 0 unspecified atom stereocenters. The van der Waals surface area contributed by atoms with E-state index in [1.165, 1.54) is 22.3 Å². The molecule has 1 aliphatic rings. The van der Waals surface area contributed by atoms with Crippen molar-refractivity contribution in [1.29, 1.82) is 0 Å². The molecule has 118 valence electrons. The van der Waals surface area contributed by atoms with E-state index in [0.717, 1.165) is 31.2 Å². The van der Waals surface area contributed by atoms with Crippen LogP contribution in [0.5, 0.6) is 0 Å². The van der Waals surface area contributed by atoms with Crippen molar-refractivity contribution in [2.45, 2.75) is 0 Å². The molecule has 0 N–H and O–H groups in total. The van der Waals surface area contributed by atoms with Crippen molar-refractivity contribution >= 4 is 28.2 Å². The summed E-state index contributed by atoms with van der Waals surface area (Å²) >= 11 is 6.27. The topological polar surface area (TPSA) is 11.4 Å². The van der Waals surface area contributed by atoms with Crippen LogP contribution in [-0.4, -0.2) is 42.7 Å². The monoisotopic (exact) mass is 325 g/mol. The minimum Gasteiger partial charge on any atom is -0.367 e. The van der Waals surface area contributed by atoms with Gasteiger partial charge in [0.25, 0.3) is 0 Å². The average molecular weight is 326 g/mol. The SMILES string of the molecule is CN1CCN(c2cn(-c3ccccc3)c3ccc(Cl)cc23)CC1. The fraction of sp³-hybridized carbons (Fsp3) is 0.263. The summed E-state index contributed by atoms with van der Waals surface area (Å²) in [5, 5.41) is 2.02. The summed E-state index contributed by atoms with van der Waals surface area (Å²) in [5.74, 6) is 0. The molecule has 0 spiro atoms. The first-order chi connectivity index (χ1) is 11.2. The molecule has 3 nitrogen and oxygen atoms in total. The van der Waals surface area contributed by atoms with E-state index in [2.05, 4.69) is 64.0 Å². The van der Waals surface area contributed by atoms with Gasteiger partial charge in [-0.3, -0.25) is 0 Å². The van der Waals surface area contributed by atoms with Gasteiger partial charge in [0.15, 0.2) is 0 Å². The highest BCUT2D eigenvalue weighted by Crippen LogP contribution is 2.33. The minimum atomic E-state index is 0.790. The summed E-state index contributed by atoms with van der Waals surface area (Å²) < 4.78 is 2.26. The summed E-state index contributed by atoms with van der Waals surface area (Å²) in [6.45, 7) is 4.30. The molecule has 0 radical (unpaired) electrons. The van der Waals surface area contributed by atoms with Crippen LogP contribution in [-0.2, 0) is 0 Å². The number of halogens is 1. The lowest BCUT2D eigenvalue weighted by Crippen LogP contribution is -2.44. The normalized spacial score (nSPS) is 16.2. The number of aromatic nitrogens is 1. The number of piperazine rings is 1. The van der Waals surface area contributed by atoms with E-state index in [1.807, 2.05) is 12.1 Å². The molecule has 0 amide bonds. The number of para-hydroxylation sites is 1. The van der Waals surface area contributed by atoms with Crippen LogP contribution in [0.2, 0.25) is 5.02 Å². The van der Waals surface area contributed by atoms with Crippen LogP contribution in [0.15, 0.2) is 54.7 Å². The maximum absolute atomic E-state index is 6.27. The van der Waals surface area contributed by atoms with Crippen LogP contribution in [0.1, 0.15) is 0 Å². The first-order valence-electron chi connectivity index (χ1n) is 8.02. The van der Waals surface area contributed by atoms with Gasteiger partial charge in [-0.2, -0.15) is 0 Å². The van der Waals surface area contributed by atoms with E-state index < -0.39 is 0 Å². The zero-order valence-corrected chi connectivity index (χ0v) is 14.0. The third-order valence-corrected chi connectivity index (χ3v) is 4.86.